The molecule has 1 aromatic carbocycles. The summed E-state index contributed by atoms with van der Waals surface area (Å²) in [5.41, 5.74) is 1.99. The number of carbonyl (C=O) groups excluding carboxylic acids is 2. The lowest BCUT2D eigenvalue weighted by Crippen LogP contribution is -2.26. The zero-order valence-electron chi connectivity index (χ0n) is 16.6. The minimum absolute atomic E-state index is 0.0338. The molecule has 0 bridgehead atoms. The van der Waals surface area contributed by atoms with Gasteiger partial charge in [-0.2, -0.15) is 9.99 Å². The van der Waals surface area contributed by atoms with Gasteiger partial charge in [0.15, 0.2) is 0 Å². The van der Waals surface area contributed by atoms with Gasteiger partial charge in [0.25, 0.3) is 11.7 Å². The first-order valence-electron chi connectivity index (χ1n) is 8.97. The summed E-state index contributed by atoms with van der Waals surface area (Å²) >= 11 is 6.12. The molecular formula is C19H17ClN6O4. The van der Waals surface area contributed by atoms with Gasteiger partial charge in [-0.25, -0.2) is 9.50 Å². The fourth-order valence-electron chi connectivity index (χ4n) is 3.07. The SMILES string of the molecule is CC(=O)Oc1ccc(Cl)cc1[C@@H]1OC(c2nc3nc(C)cc(C)n3n2)=NN1C(C)=O. The van der Waals surface area contributed by atoms with Crippen LogP contribution in [-0.4, -0.2) is 42.4 Å². The number of amides is 1. The Morgan fingerprint density at radius 3 is 2.63 bits per heavy atom. The summed E-state index contributed by atoms with van der Waals surface area (Å²) in [6.07, 6.45) is -1.01. The molecule has 154 valence electrons. The van der Waals surface area contributed by atoms with Crippen LogP contribution in [0.15, 0.2) is 29.4 Å². The van der Waals surface area contributed by atoms with E-state index in [1.165, 1.54) is 19.9 Å². The van der Waals surface area contributed by atoms with Gasteiger partial charge in [-0.15, -0.1) is 10.2 Å². The molecule has 3 aromatic rings. The summed E-state index contributed by atoms with van der Waals surface area (Å²) < 4.78 is 12.7. The lowest BCUT2D eigenvalue weighted by atomic mass is 10.1. The number of carbonyl (C=O) groups is 2. The number of esters is 1. The first-order valence-corrected chi connectivity index (χ1v) is 9.35. The molecule has 0 saturated carbocycles. The summed E-state index contributed by atoms with van der Waals surface area (Å²) in [4.78, 5) is 32.4. The van der Waals surface area contributed by atoms with Gasteiger partial charge in [0.05, 0.1) is 5.56 Å². The van der Waals surface area contributed by atoms with Crippen molar-refractivity contribution in [1.82, 2.24) is 24.6 Å². The number of aryl methyl sites for hydroxylation is 2. The predicted octanol–water partition coefficient (Wildman–Crippen LogP) is 2.56. The second kappa shape index (κ2) is 7.38. The quantitative estimate of drug-likeness (QED) is 0.465. The molecule has 10 nitrogen and oxygen atoms in total. The highest BCUT2D eigenvalue weighted by atomic mass is 35.5. The maximum Gasteiger partial charge on any atom is 0.308 e. The van der Waals surface area contributed by atoms with E-state index in [1.807, 2.05) is 19.9 Å². The van der Waals surface area contributed by atoms with E-state index in [-0.39, 0.29) is 17.5 Å². The van der Waals surface area contributed by atoms with Crippen molar-refractivity contribution in [3.8, 4) is 5.75 Å². The monoisotopic (exact) mass is 428 g/mol. The maximum atomic E-state index is 12.2. The van der Waals surface area contributed by atoms with Crippen LogP contribution in [0.5, 0.6) is 5.75 Å². The largest absolute Gasteiger partial charge is 0.443 e. The zero-order chi connectivity index (χ0) is 21.6. The number of hydrogen-bond acceptors (Lipinski definition) is 8. The molecule has 1 aliphatic rings. The second-order valence-electron chi connectivity index (χ2n) is 6.70. The molecule has 4 rings (SSSR count). The Labute approximate surface area is 176 Å². The van der Waals surface area contributed by atoms with E-state index in [4.69, 9.17) is 21.1 Å². The molecule has 0 unspecified atom stereocenters. The van der Waals surface area contributed by atoms with E-state index < -0.39 is 18.1 Å². The van der Waals surface area contributed by atoms with E-state index in [1.54, 1.807) is 16.6 Å². The normalized spacial score (nSPS) is 15.8. The number of nitrogens with zero attached hydrogens (tertiary/aromatic N) is 6. The summed E-state index contributed by atoms with van der Waals surface area (Å²) in [6, 6.07) is 6.51. The van der Waals surface area contributed by atoms with Crippen molar-refractivity contribution in [2.75, 3.05) is 0 Å². The van der Waals surface area contributed by atoms with Crippen molar-refractivity contribution in [2.24, 2.45) is 5.10 Å². The van der Waals surface area contributed by atoms with E-state index in [9.17, 15) is 9.59 Å². The van der Waals surface area contributed by atoms with Crippen LogP contribution in [0.4, 0.5) is 0 Å². The molecule has 11 heteroatoms. The van der Waals surface area contributed by atoms with Crippen molar-refractivity contribution < 1.29 is 19.1 Å². The molecule has 0 saturated heterocycles. The van der Waals surface area contributed by atoms with Crippen molar-refractivity contribution >= 4 is 35.2 Å². The standard InChI is InChI=1S/C19H17ClN6O4/c1-9-7-10(2)25-19(21-9)22-16(23-25)17-24-26(11(3)27)18(30-17)14-8-13(20)5-6-15(14)29-12(4)28/h5-8,18H,1-4H3/t18-/m0/s1. The third kappa shape index (κ3) is 3.57. The van der Waals surface area contributed by atoms with E-state index >= 15 is 0 Å². The Bertz CT molecular complexity index is 1220. The van der Waals surface area contributed by atoms with Gasteiger partial charge < -0.3 is 9.47 Å². The summed E-state index contributed by atoms with van der Waals surface area (Å²) in [6.45, 7) is 6.34. The fourth-order valence-corrected chi connectivity index (χ4v) is 3.26. The van der Waals surface area contributed by atoms with Crippen LogP contribution in [0, 0.1) is 13.8 Å². The number of ether oxygens (including phenoxy) is 2. The van der Waals surface area contributed by atoms with Crippen LogP contribution >= 0.6 is 11.6 Å². The smallest absolute Gasteiger partial charge is 0.308 e. The molecule has 1 atom stereocenters. The van der Waals surface area contributed by atoms with Gasteiger partial charge in [0.2, 0.25) is 18.0 Å². The molecule has 3 heterocycles. The van der Waals surface area contributed by atoms with Crippen LogP contribution in [0.3, 0.4) is 0 Å². The van der Waals surface area contributed by atoms with Crippen LogP contribution in [0.25, 0.3) is 5.78 Å². The minimum Gasteiger partial charge on any atom is -0.443 e. The van der Waals surface area contributed by atoms with Crippen molar-refractivity contribution in [1.29, 1.82) is 0 Å². The van der Waals surface area contributed by atoms with E-state index in [0.717, 1.165) is 16.4 Å². The Morgan fingerprint density at radius 1 is 1.17 bits per heavy atom. The van der Waals surface area contributed by atoms with Crippen LogP contribution in [0.2, 0.25) is 5.02 Å². The molecule has 0 radical (unpaired) electrons. The molecule has 1 amide bonds. The number of rotatable bonds is 3. The predicted molar refractivity (Wildman–Crippen MR) is 106 cm³/mol. The van der Waals surface area contributed by atoms with Gasteiger partial charge >= 0.3 is 5.97 Å². The van der Waals surface area contributed by atoms with Crippen LogP contribution in [0.1, 0.15) is 42.9 Å². The van der Waals surface area contributed by atoms with Gasteiger partial charge in [0.1, 0.15) is 5.75 Å². The molecular weight excluding hydrogens is 412 g/mol. The number of hydrogen-bond donors (Lipinski definition) is 0. The maximum absolute atomic E-state index is 12.2. The minimum atomic E-state index is -1.01. The van der Waals surface area contributed by atoms with Gasteiger partial charge in [-0.1, -0.05) is 11.6 Å². The van der Waals surface area contributed by atoms with Crippen molar-refractivity contribution in [3.05, 3.63) is 52.1 Å². The Balaban J connectivity index is 1.76. The fraction of sp³-hybridized carbons (Fsp3) is 0.263. The molecule has 1 aliphatic heterocycles. The average Bonchev–Trinajstić information content (AvgIpc) is 3.27. The van der Waals surface area contributed by atoms with E-state index in [2.05, 4.69) is 20.2 Å². The highest BCUT2D eigenvalue weighted by Crippen LogP contribution is 2.37. The van der Waals surface area contributed by atoms with Gasteiger partial charge in [-0.05, 0) is 38.1 Å². The number of fused-ring (bicyclic) bond motifs is 1. The number of hydrazone groups is 1. The topological polar surface area (TPSA) is 111 Å². The summed E-state index contributed by atoms with van der Waals surface area (Å²) in [5.74, 6) is -0.123. The third-order valence-corrected chi connectivity index (χ3v) is 4.50. The van der Waals surface area contributed by atoms with E-state index in [0.29, 0.717) is 16.4 Å². The Kier molecular flexibility index (Phi) is 4.86. The Hall–Kier alpha value is -3.53. The summed E-state index contributed by atoms with van der Waals surface area (Å²) in [5, 5.41) is 10.1. The molecule has 0 aliphatic carbocycles. The molecule has 0 spiro atoms. The number of halogens is 1. The highest BCUT2D eigenvalue weighted by Gasteiger charge is 2.37. The van der Waals surface area contributed by atoms with Gasteiger partial charge in [0, 0.05) is 30.3 Å². The van der Waals surface area contributed by atoms with Crippen LogP contribution in [-0.2, 0) is 14.3 Å². The zero-order valence-corrected chi connectivity index (χ0v) is 17.3. The summed E-state index contributed by atoms with van der Waals surface area (Å²) in [7, 11) is 0. The lowest BCUT2D eigenvalue weighted by molar-refractivity contribution is -0.135. The van der Waals surface area contributed by atoms with Gasteiger partial charge in [-0.3, -0.25) is 9.59 Å². The molecule has 30 heavy (non-hydrogen) atoms. The first-order chi connectivity index (χ1) is 14.2. The Morgan fingerprint density at radius 2 is 1.93 bits per heavy atom. The van der Waals surface area contributed by atoms with Crippen LogP contribution < -0.4 is 4.74 Å². The van der Waals surface area contributed by atoms with Crippen molar-refractivity contribution in [2.45, 2.75) is 33.9 Å². The third-order valence-electron chi connectivity index (χ3n) is 4.27. The van der Waals surface area contributed by atoms with Crippen molar-refractivity contribution in [3.63, 3.8) is 0 Å². The highest BCUT2D eigenvalue weighted by molar-refractivity contribution is 6.30. The lowest BCUT2D eigenvalue weighted by Gasteiger charge is -2.21. The second-order valence-corrected chi connectivity index (χ2v) is 7.14. The average molecular weight is 429 g/mol. The number of benzene rings is 1. The first kappa shape index (κ1) is 19.8. The number of aromatic nitrogens is 4. The molecule has 0 fully saturated rings. The molecule has 0 N–H and O–H groups in total. The molecule has 2 aromatic heterocycles.